The normalized spacial score (nSPS) is 10.8. The Bertz CT molecular complexity index is 876. The number of anilines is 1. The molecule has 2 aromatic heterocycles. The number of thioether (sulfide) groups is 1. The average molecular weight is 364 g/mol. The minimum atomic E-state index is -0.189. The van der Waals surface area contributed by atoms with E-state index in [2.05, 4.69) is 15.5 Å². The zero-order valence-corrected chi connectivity index (χ0v) is 14.3. The second-order valence-electron chi connectivity index (χ2n) is 4.91. The van der Waals surface area contributed by atoms with Gasteiger partial charge in [0.25, 0.3) is 0 Å². The fourth-order valence-corrected chi connectivity index (χ4v) is 2.92. The van der Waals surface area contributed by atoms with Crippen molar-refractivity contribution in [1.82, 2.24) is 14.9 Å². The van der Waals surface area contributed by atoms with Gasteiger partial charge in [0.15, 0.2) is 5.82 Å². The monoisotopic (exact) mass is 363 g/mol. The van der Waals surface area contributed by atoms with Crippen LogP contribution >= 0.6 is 23.4 Å². The van der Waals surface area contributed by atoms with Crippen LogP contribution in [-0.4, -0.2) is 26.5 Å². The number of aromatic nitrogens is 3. The van der Waals surface area contributed by atoms with E-state index < -0.39 is 0 Å². The summed E-state index contributed by atoms with van der Waals surface area (Å²) in [6, 6.07) is 8.71. The highest BCUT2D eigenvalue weighted by Crippen LogP contribution is 2.25. The van der Waals surface area contributed by atoms with Gasteiger partial charge < -0.3 is 15.6 Å². The zero-order valence-electron chi connectivity index (χ0n) is 12.7. The number of carbonyl (C=O) groups is 1. The number of carbonyl (C=O) groups excluding carboxylic acids is 1. The van der Waals surface area contributed by atoms with E-state index in [1.807, 2.05) is 6.92 Å². The molecule has 0 aliphatic carbocycles. The number of amides is 1. The van der Waals surface area contributed by atoms with Crippen LogP contribution in [0.1, 0.15) is 5.76 Å². The van der Waals surface area contributed by atoms with Crippen LogP contribution in [0.3, 0.4) is 0 Å². The molecule has 0 unspecified atom stereocenters. The Labute approximate surface area is 147 Å². The summed E-state index contributed by atoms with van der Waals surface area (Å²) in [5.41, 5.74) is 1.40. The summed E-state index contributed by atoms with van der Waals surface area (Å²) >= 11 is 7.08. The molecule has 0 bridgehead atoms. The summed E-state index contributed by atoms with van der Waals surface area (Å²) in [6.07, 6.45) is 1.56. The number of hydrogen-bond donors (Lipinski definition) is 2. The van der Waals surface area contributed by atoms with Crippen molar-refractivity contribution in [2.24, 2.45) is 0 Å². The molecule has 3 aromatic rings. The fraction of sp³-hybridized carbons (Fsp3) is 0.133. The molecule has 24 heavy (non-hydrogen) atoms. The minimum absolute atomic E-state index is 0.145. The van der Waals surface area contributed by atoms with Crippen LogP contribution in [0.25, 0.3) is 11.4 Å². The van der Waals surface area contributed by atoms with Crippen molar-refractivity contribution >= 4 is 35.0 Å². The number of nitrogens with zero attached hydrogens (tertiary/aromatic N) is 3. The highest BCUT2D eigenvalue weighted by Gasteiger charge is 2.16. The maximum absolute atomic E-state index is 12.0. The van der Waals surface area contributed by atoms with Gasteiger partial charge in [-0.2, -0.15) is 0 Å². The summed E-state index contributed by atoms with van der Waals surface area (Å²) in [6.45, 7) is 1.81. The van der Waals surface area contributed by atoms with Crippen molar-refractivity contribution in [1.29, 1.82) is 0 Å². The van der Waals surface area contributed by atoms with Gasteiger partial charge in [0, 0.05) is 10.7 Å². The first-order valence-electron chi connectivity index (χ1n) is 6.98. The van der Waals surface area contributed by atoms with E-state index in [0.717, 1.165) is 5.56 Å². The molecule has 9 heteroatoms. The third kappa shape index (κ3) is 3.55. The molecule has 0 fully saturated rings. The number of halogens is 1. The topological polar surface area (TPSA) is 99.0 Å². The van der Waals surface area contributed by atoms with Crippen LogP contribution in [0.5, 0.6) is 0 Å². The second kappa shape index (κ2) is 6.98. The molecule has 1 aromatic carbocycles. The third-order valence-electron chi connectivity index (χ3n) is 3.20. The van der Waals surface area contributed by atoms with Crippen LogP contribution in [0.15, 0.2) is 46.2 Å². The average Bonchev–Trinajstić information content (AvgIpc) is 3.11. The number of aryl methyl sites for hydroxylation is 1. The van der Waals surface area contributed by atoms with Gasteiger partial charge in [0.1, 0.15) is 5.76 Å². The minimum Gasteiger partial charge on any atom is -0.469 e. The summed E-state index contributed by atoms with van der Waals surface area (Å²) in [7, 11) is 0. The predicted molar refractivity (Wildman–Crippen MR) is 93.4 cm³/mol. The van der Waals surface area contributed by atoms with Crippen molar-refractivity contribution in [3.05, 3.63) is 47.4 Å². The molecule has 3 N–H and O–H groups in total. The lowest BCUT2D eigenvalue weighted by Crippen LogP contribution is -2.16. The van der Waals surface area contributed by atoms with Crippen molar-refractivity contribution < 1.29 is 9.21 Å². The first-order chi connectivity index (χ1) is 11.5. The smallest absolute Gasteiger partial charge is 0.234 e. The zero-order chi connectivity index (χ0) is 17.1. The Morgan fingerprint density at radius 3 is 2.96 bits per heavy atom. The van der Waals surface area contributed by atoms with E-state index >= 15 is 0 Å². The Hall–Kier alpha value is -2.45. The SMILES string of the molecule is Cc1occc1-c1nnc(SCC(=O)Nc2cccc(Cl)c2)n1N. The van der Waals surface area contributed by atoms with Crippen molar-refractivity contribution in [3.63, 3.8) is 0 Å². The Morgan fingerprint density at radius 1 is 1.42 bits per heavy atom. The molecule has 7 nitrogen and oxygen atoms in total. The third-order valence-corrected chi connectivity index (χ3v) is 4.38. The van der Waals surface area contributed by atoms with Gasteiger partial charge in [-0.1, -0.05) is 29.4 Å². The summed E-state index contributed by atoms with van der Waals surface area (Å²) in [5.74, 6) is 7.14. The number of nitrogens with two attached hydrogens (primary N) is 1. The first kappa shape index (κ1) is 16.4. The molecule has 0 aliphatic rings. The van der Waals surface area contributed by atoms with E-state index in [1.54, 1.807) is 36.6 Å². The highest BCUT2D eigenvalue weighted by atomic mass is 35.5. The number of rotatable bonds is 5. The molecular formula is C15H14ClN5O2S. The maximum atomic E-state index is 12.0. The lowest BCUT2D eigenvalue weighted by molar-refractivity contribution is -0.113. The van der Waals surface area contributed by atoms with Crippen LogP contribution < -0.4 is 11.2 Å². The van der Waals surface area contributed by atoms with Crippen LogP contribution in [0.2, 0.25) is 5.02 Å². The quantitative estimate of drug-likeness (QED) is 0.534. The van der Waals surface area contributed by atoms with Crippen molar-refractivity contribution in [2.45, 2.75) is 12.1 Å². The lowest BCUT2D eigenvalue weighted by Gasteiger charge is -2.05. The molecular weight excluding hydrogens is 350 g/mol. The first-order valence-corrected chi connectivity index (χ1v) is 8.34. The van der Waals surface area contributed by atoms with E-state index in [-0.39, 0.29) is 11.7 Å². The Balaban J connectivity index is 1.64. The van der Waals surface area contributed by atoms with Gasteiger partial charge in [-0.3, -0.25) is 4.79 Å². The van der Waals surface area contributed by atoms with E-state index in [1.165, 1.54) is 16.4 Å². The molecule has 0 saturated heterocycles. The molecule has 0 spiro atoms. The fourth-order valence-electron chi connectivity index (χ4n) is 2.07. The van der Waals surface area contributed by atoms with Gasteiger partial charge in [0.05, 0.1) is 17.6 Å². The Morgan fingerprint density at radius 2 is 2.25 bits per heavy atom. The predicted octanol–water partition coefficient (Wildman–Crippen LogP) is 2.94. The molecule has 3 rings (SSSR count). The summed E-state index contributed by atoms with van der Waals surface area (Å²) in [5, 5.41) is 11.8. The molecule has 1 amide bonds. The van der Waals surface area contributed by atoms with Crippen molar-refractivity contribution in [3.8, 4) is 11.4 Å². The second-order valence-corrected chi connectivity index (χ2v) is 6.29. The standard InChI is InChI=1S/C15H14ClN5O2S/c1-9-12(5-6-23-9)14-19-20-15(21(14)17)24-8-13(22)18-11-4-2-3-10(16)7-11/h2-7H,8,17H2,1H3,(H,18,22). The summed E-state index contributed by atoms with van der Waals surface area (Å²) in [4.78, 5) is 12.0. The van der Waals surface area contributed by atoms with Gasteiger partial charge in [-0.25, -0.2) is 4.68 Å². The van der Waals surface area contributed by atoms with E-state index in [0.29, 0.717) is 27.5 Å². The van der Waals surface area contributed by atoms with Gasteiger partial charge in [0.2, 0.25) is 11.1 Å². The molecule has 2 heterocycles. The number of nitrogen functional groups attached to an aromatic ring is 1. The van der Waals surface area contributed by atoms with Crippen LogP contribution in [0, 0.1) is 6.92 Å². The number of furan rings is 1. The van der Waals surface area contributed by atoms with Gasteiger partial charge in [-0.15, -0.1) is 10.2 Å². The Kier molecular flexibility index (Phi) is 4.77. The molecule has 0 atom stereocenters. The number of benzene rings is 1. The van der Waals surface area contributed by atoms with Gasteiger partial charge in [-0.05, 0) is 31.2 Å². The number of nitrogens with one attached hydrogen (secondary N) is 1. The molecule has 0 saturated carbocycles. The molecule has 0 radical (unpaired) electrons. The highest BCUT2D eigenvalue weighted by molar-refractivity contribution is 7.99. The van der Waals surface area contributed by atoms with E-state index in [9.17, 15) is 4.79 Å². The lowest BCUT2D eigenvalue weighted by atomic mass is 10.2. The summed E-state index contributed by atoms with van der Waals surface area (Å²) < 4.78 is 6.58. The largest absolute Gasteiger partial charge is 0.469 e. The van der Waals surface area contributed by atoms with Gasteiger partial charge >= 0.3 is 0 Å². The molecule has 124 valence electrons. The number of hydrogen-bond acceptors (Lipinski definition) is 6. The van der Waals surface area contributed by atoms with E-state index in [4.69, 9.17) is 21.9 Å². The van der Waals surface area contributed by atoms with Crippen LogP contribution in [0.4, 0.5) is 5.69 Å². The maximum Gasteiger partial charge on any atom is 0.234 e. The van der Waals surface area contributed by atoms with Crippen LogP contribution in [-0.2, 0) is 4.79 Å². The molecule has 0 aliphatic heterocycles. The van der Waals surface area contributed by atoms with Crippen molar-refractivity contribution in [2.75, 3.05) is 16.9 Å².